The van der Waals surface area contributed by atoms with Crippen molar-refractivity contribution in [2.24, 2.45) is 11.8 Å². The predicted octanol–water partition coefficient (Wildman–Crippen LogP) is 2.67. The molecule has 0 aliphatic heterocycles. The average molecular weight is 284 g/mol. The van der Waals surface area contributed by atoms with E-state index in [1.165, 1.54) is 38.8 Å². The van der Waals surface area contributed by atoms with Crippen molar-refractivity contribution in [3.05, 3.63) is 0 Å². The zero-order chi connectivity index (χ0) is 15.1. The Kier molecular flexibility index (Phi) is 8.08. The third-order valence-electron chi connectivity index (χ3n) is 4.95. The second-order valence-corrected chi connectivity index (χ2v) is 7.19. The van der Waals surface area contributed by atoms with Crippen molar-refractivity contribution in [2.45, 2.75) is 58.5 Å². The molecule has 0 aromatic carbocycles. The standard InChI is InChI=1S/C17H37N3/c1-7-18-16-10-9-15(14(2)3)13-17(16)20(6)12-8-11-19(4)5/h14-18H,7-13H2,1-6H3. The van der Waals surface area contributed by atoms with Gasteiger partial charge in [-0.15, -0.1) is 0 Å². The summed E-state index contributed by atoms with van der Waals surface area (Å²) in [7, 11) is 6.65. The van der Waals surface area contributed by atoms with Gasteiger partial charge in [0, 0.05) is 12.1 Å². The highest BCUT2D eigenvalue weighted by molar-refractivity contribution is 4.91. The lowest BCUT2D eigenvalue weighted by atomic mass is 9.76. The summed E-state index contributed by atoms with van der Waals surface area (Å²) in [5, 5.41) is 3.72. The van der Waals surface area contributed by atoms with E-state index in [0.717, 1.165) is 24.4 Å². The first-order valence-corrected chi connectivity index (χ1v) is 8.54. The summed E-state index contributed by atoms with van der Waals surface area (Å²) in [6.07, 6.45) is 5.38. The van der Waals surface area contributed by atoms with Gasteiger partial charge in [0.1, 0.15) is 0 Å². The van der Waals surface area contributed by atoms with E-state index < -0.39 is 0 Å². The number of likely N-dealkylation sites (N-methyl/N-ethyl adjacent to an activating group) is 2. The van der Waals surface area contributed by atoms with Crippen LogP contribution >= 0.6 is 0 Å². The van der Waals surface area contributed by atoms with Gasteiger partial charge in [-0.05, 0) is 78.3 Å². The molecule has 1 aliphatic rings. The summed E-state index contributed by atoms with van der Waals surface area (Å²) in [5.74, 6) is 1.74. The molecule has 3 unspecified atom stereocenters. The molecule has 1 saturated carbocycles. The van der Waals surface area contributed by atoms with Crippen molar-refractivity contribution >= 4 is 0 Å². The van der Waals surface area contributed by atoms with E-state index in [4.69, 9.17) is 0 Å². The van der Waals surface area contributed by atoms with Crippen molar-refractivity contribution < 1.29 is 0 Å². The van der Waals surface area contributed by atoms with Crippen LogP contribution in [0.1, 0.15) is 46.5 Å². The van der Waals surface area contributed by atoms with Crippen LogP contribution in [0.15, 0.2) is 0 Å². The van der Waals surface area contributed by atoms with Crippen LogP contribution in [0, 0.1) is 11.8 Å². The zero-order valence-electron chi connectivity index (χ0n) is 14.7. The van der Waals surface area contributed by atoms with E-state index in [2.05, 4.69) is 57.0 Å². The molecule has 3 heteroatoms. The number of hydrogen-bond acceptors (Lipinski definition) is 3. The van der Waals surface area contributed by atoms with Gasteiger partial charge in [-0.1, -0.05) is 20.8 Å². The maximum atomic E-state index is 3.72. The van der Waals surface area contributed by atoms with Crippen LogP contribution in [-0.2, 0) is 0 Å². The SMILES string of the molecule is CCNC1CCC(C(C)C)CC1N(C)CCCN(C)C. The summed E-state index contributed by atoms with van der Waals surface area (Å²) in [4.78, 5) is 4.90. The molecule has 1 aliphatic carbocycles. The molecule has 0 heterocycles. The number of hydrogen-bond donors (Lipinski definition) is 1. The predicted molar refractivity (Wildman–Crippen MR) is 89.2 cm³/mol. The highest BCUT2D eigenvalue weighted by Crippen LogP contribution is 2.32. The summed E-state index contributed by atoms with van der Waals surface area (Å²) < 4.78 is 0. The molecular formula is C17H37N3. The quantitative estimate of drug-likeness (QED) is 0.739. The second-order valence-electron chi connectivity index (χ2n) is 7.19. The van der Waals surface area contributed by atoms with Gasteiger partial charge >= 0.3 is 0 Å². The minimum Gasteiger partial charge on any atom is -0.313 e. The molecule has 20 heavy (non-hydrogen) atoms. The van der Waals surface area contributed by atoms with Crippen molar-refractivity contribution in [1.29, 1.82) is 0 Å². The topological polar surface area (TPSA) is 18.5 Å². The molecule has 0 spiro atoms. The van der Waals surface area contributed by atoms with Crippen molar-refractivity contribution in [3.63, 3.8) is 0 Å². The summed E-state index contributed by atoms with van der Waals surface area (Å²) in [5.41, 5.74) is 0. The monoisotopic (exact) mass is 283 g/mol. The fraction of sp³-hybridized carbons (Fsp3) is 1.00. The van der Waals surface area contributed by atoms with Crippen LogP contribution in [0.5, 0.6) is 0 Å². The molecule has 120 valence electrons. The van der Waals surface area contributed by atoms with E-state index in [1.54, 1.807) is 0 Å². The Morgan fingerprint density at radius 2 is 1.80 bits per heavy atom. The van der Waals surface area contributed by atoms with Crippen LogP contribution in [0.4, 0.5) is 0 Å². The van der Waals surface area contributed by atoms with Crippen molar-refractivity contribution in [2.75, 3.05) is 40.8 Å². The van der Waals surface area contributed by atoms with Gasteiger partial charge < -0.3 is 15.1 Å². The molecule has 1 fully saturated rings. The Hall–Kier alpha value is -0.120. The fourth-order valence-corrected chi connectivity index (χ4v) is 3.57. The highest BCUT2D eigenvalue weighted by Gasteiger charge is 2.33. The largest absolute Gasteiger partial charge is 0.313 e. The summed E-state index contributed by atoms with van der Waals surface area (Å²) >= 11 is 0. The third kappa shape index (κ3) is 5.71. The Morgan fingerprint density at radius 3 is 2.35 bits per heavy atom. The lowest BCUT2D eigenvalue weighted by molar-refractivity contribution is 0.101. The van der Waals surface area contributed by atoms with Crippen LogP contribution in [0.3, 0.4) is 0 Å². The second kappa shape index (κ2) is 9.01. The van der Waals surface area contributed by atoms with Crippen molar-refractivity contribution in [1.82, 2.24) is 15.1 Å². The van der Waals surface area contributed by atoms with Crippen LogP contribution < -0.4 is 5.32 Å². The first-order valence-electron chi connectivity index (χ1n) is 8.54. The molecule has 0 amide bonds. The smallest absolute Gasteiger partial charge is 0.0249 e. The van der Waals surface area contributed by atoms with E-state index >= 15 is 0 Å². The molecule has 0 radical (unpaired) electrons. The molecule has 3 nitrogen and oxygen atoms in total. The van der Waals surface area contributed by atoms with Crippen LogP contribution in [0.2, 0.25) is 0 Å². The lowest BCUT2D eigenvalue weighted by Gasteiger charge is -2.43. The van der Waals surface area contributed by atoms with E-state index in [9.17, 15) is 0 Å². The Bertz CT molecular complexity index is 253. The number of rotatable bonds is 8. The van der Waals surface area contributed by atoms with E-state index in [0.29, 0.717) is 6.04 Å². The van der Waals surface area contributed by atoms with Gasteiger partial charge in [0.2, 0.25) is 0 Å². The maximum absolute atomic E-state index is 3.72. The number of nitrogens with one attached hydrogen (secondary N) is 1. The summed E-state index contributed by atoms with van der Waals surface area (Å²) in [6, 6.07) is 1.41. The van der Waals surface area contributed by atoms with Gasteiger partial charge in [0.25, 0.3) is 0 Å². The van der Waals surface area contributed by atoms with Gasteiger partial charge in [-0.2, -0.15) is 0 Å². The fourth-order valence-electron chi connectivity index (χ4n) is 3.57. The molecule has 1 N–H and O–H groups in total. The maximum Gasteiger partial charge on any atom is 0.0249 e. The summed E-state index contributed by atoms with van der Waals surface area (Å²) in [6.45, 7) is 10.5. The zero-order valence-corrected chi connectivity index (χ0v) is 14.7. The normalized spacial score (nSPS) is 27.8. The average Bonchev–Trinajstić information content (AvgIpc) is 2.38. The molecule has 0 aromatic rings. The van der Waals surface area contributed by atoms with Crippen molar-refractivity contribution in [3.8, 4) is 0 Å². The molecule has 1 rings (SSSR count). The molecular weight excluding hydrogens is 246 g/mol. The van der Waals surface area contributed by atoms with Crippen LogP contribution in [0.25, 0.3) is 0 Å². The van der Waals surface area contributed by atoms with E-state index in [-0.39, 0.29) is 0 Å². The highest BCUT2D eigenvalue weighted by atomic mass is 15.2. The molecule has 0 saturated heterocycles. The van der Waals surface area contributed by atoms with Crippen LogP contribution in [-0.4, -0.2) is 62.7 Å². The molecule has 0 aromatic heterocycles. The minimum absolute atomic E-state index is 0.694. The third-order valence-corrected chi connectivity index (χ3v) is 4.95. The molecule has 0 bridgehead atoms. The van der Waals surface area contributed by atoms with Gasteiger partial charge in [0.05, 0.1) is 0 Å². The van der Waals surface area contributed by atoms with Gasteiger partial charge in [-0.25, -0.2) is 0 Å². The molecule has 3 atom stereocenters. The number of nitrogens with zero attached hydrogens (tertiary/aromatic N) is 2. The van der Waals surface area contributed by atoms with Gasteiger partial charge in [0.15, 0.2) is 0 Å². The first-order chi connectivity index (χ1) is 9.45. The Labute approximate surface area is 127 Å². The Morgan fingerprint density at radius 1 is 1.10 bits per heavy atom. The minimum atomic E-state index is 0.694. The Balaban J connectivity index is 2.53. The van der Waals surface area contributed by atoms with E-state index in [1.807, 2.05) is 0 Å². The van der Waals surface area contributed by atoms with Gasteiger partial charge in [-0.3, -0.25) is 0 Å². The first kappa shape index (κ1) is 17.9. The lowest BCUT2D eigenvalue weighted by Crippen LogP contribution is -2.52.